The van der Waals surface area contributed by atoms with Crippen molar-refractivity contribution >= 4 is 10.0 Å². The van der Waals surface area contributed by atoms with Gasteiger partial charge in [0, 0.05) is 6.54 Å². The fourth-order valence-electron chi connectivity index (χ4n) is 2.09. The van der Waals surface area contributed by atoms with Crippen LogP contribution in [0.2, 0.25) is 0 Å². The molecule has 0 spiro atoms. The summed E-state index contributed by atoms with van der Waals surface area (Å²) < 4.78 is 21.6. The molecule has 4 nitrogen and oxygen atoms in total. The highest BCUT2D eigenvalue weighted by Gasteiger charge is 2.14. The molecule has 3 N–H and O–H groups in total. The minimum atomic E-state index is -3.33. The highest BCUT2D eigenvalue weighted by Crippen LogP contribution is 2.23. The Morgan fingerprint density at radius 3 is 2.37 bits per heavy atom. The van der Waals surface area contributed by atoms with Crippen molar-refractivity contribution in [1.82, 2.24) is 5.32 Å². The Labute approximate surface area is 116 Å². The Bertz CT molecular complexity index is 458. The van der Waals surface area contributed by atoms with Gasteiger partial charge in [-0.2, -0.15) is 0 Å². The van der Waals surface area contributed by atoms with Crippen LogP contribution in [0, 0.1) is 5.92 Å². The van der Waals surface area contributed by atoms with E-state index in [0.29, 0.717) is 24.8 Å². The molecule has 19 heavy (non-hydrogen) atoms. The highest BCUT2D eigenvalue weighted by atomic mass is 32.2. The van der Waals surface area contributed by atoms with Crippen LogP contribution in [-0.2, 0) is 10.0 Å². The van der Waals surface area contributed by atoms with Crippen molar-refractivity contribution in [1.29, 1.82) is 0 Å². The zero-order chi connectivity index (χ0) is 14.3. The van der Waals surface area contributed by atoms with Gasteiger partial charge in [-0.05, 0) is 30.4 Å². The number of rotatable bonds is 8. The van der Waals surface area contributed by atoms with Crippen LogP contribution in [0.5, 0.6) is 0 Å². The SMILES string of the molecule is CC(C)C(CNCCCS(N)(=O)=O)c1ccccc1. The fourth-order valence-corrected chi connectivity index (χ4v) is 2.64. The van der Waals surface area contributed by atoms with E-state index in [4.69, 9.17) is 5.14 Å². The third kappa shape index (κ3) is 6.71. The van der Waals surface area contributed by atoms with Crippen molar-refractivity contribution in [2.24, 2.45) is 11.1 Å². The molecular weight excluding hydrogens is 260 g/mol. The Balaban J connectivity index is 2.40. The van der Waals surface area contributed by atoms with Gasteiger partial charge in [0.1, 0.15) is 0 Å². The van der Waals surface area contributed by atoms with E-state index in [1.165, 1.54) is 5.56 Å². The van der Waals surface area contributed by atoms with Crippen molar-refractivity contribution in [3.63, 3.8) is 0 Å². The largest absolute Gasteiger partial charge is 0.316 e. The van der Waals surface area contributed by atoms with E-state index < -0.39 is 10.0 Å². The second-order valence-electron chi connectivity index (χ2n) is 5.19. The third-order valence-corrected chi connectivity index (χ3v) is 4.04. The molecule has 1 unspecified atom stereocenters. The third-order valence-electron chi connectivity index (χ3n) is 3.18. The molecule has 1 rings (SSSR count). The molecule has 0 aliphatic rings. The monoisotopic (exact) mass is 284 g/mol. The molecule has 1 aromatic carbocycles. The number of sulfonamides is 1. The van der Waals surface area contributed by atoms with Gasteiger partial charge in [-0.25, -0.2) is 13.6 Å². The van der Waals surface area contributed by atoms with Gasteiger partial charge >= 0.3 is 0 Å². The molecule has 108 valence electrons. The van der Waals surface area contributed by atoms with Crippen LogP contribution in [0.1, 0.15) is 31.7 Å². The van der Waals surface area contributed by atoms with Crippen LogP contribution >= 0.6 is 0 Å². The molecule has 0 heterocycles. The van der Waals surface area contributed by atoms with Crippen LogP contribution in [0.25, 0.3) is 0 Å². The first-order valence-corrected chi connectivity index (χ1v) is 8.38. The van der Waals surface area contributed by atoms with Crippen LogP contribution in [0.3, 0.4) is 0 Å². The topological polar surface area (TPSA) is 72.2 Å². The average molecular weight is 284 g/mol. The first kappa shape index (κ1) is 16.1. The quantitative estimate of drug-likeness (QED) is 0.714. The molecule has 0 aliphatic heterocycles. The normalized spacial score (nSPS) is 13.7. The maximum absolute atomic E-state index is 10.8. The summed E-state index contributed by atoms with van der Waals surface area (Å²) in [5.41, 5.74) is 1.32. The van der Waals surface area contributed by atoms with Crippen molar-refractivity contribution in [2.75, 3.05) is 18.8 Å². The minimum Gasteiger partial charge on any atom is -0.316 e. The summed E-state index contributed by atoms with van der Waals surface area (Å²) in [5, 5.41) is 8.28. The van der Waals surface area contributed by atoms with Crippen LogP contribution in [-0.4, -0.2) is 27.3 Å². The van der Waals surface area contributed by atoms with E-state index in [9.17, 15) is 8.42 Å². The summed E-state index contributed by atoms with van der Waals surface area (Å²) in [6.07, 6.45) is 0.554. The predicted octanol–water partition coefficient (Wildman–Crippen LogP) is 1.69. The van der Waals surface area contributed by atoms with E-state index in [1.807, 2.05) is 18.2 Å². The summed E-state index contributed by atoms with van der Waals surface area (Å²) in [6.45, 7) is 5.92. The first-order chi connectivity index (χ1) is 8.90. The summed E-state index contributed by atoms with van der Waals surface area (Å²) in [4.78, 5) is 0. The van der Waals surface area contributed by atoms with E-state index >= 15 is 0 Å². The molecule has 1 atom stereocenters. The summed E-state index contributed by atoms with van der Waals surface area (Å²) >= 11 is 0. The molecule has 0 aliphatic carbocycles. The minimum absolute atomic E-state index is 0.0394. The number of nitrogens with two attached hydrogens (primary N) is 1. The van der Waals surface area contributed by atoms with Gasteiger partial charge in [0.05, 0.1) is 5.75 Å². The van der Waals surface area contributed by atoms with E-state index in [-0.39, 0.29) is 5.75 Å². The summed E-state index contributed by atoms with van der Waals surface area (Å²) in [6, 6.07) is 10.4. The van der Waals surface area contributed by atoms with Gasteiger partial charge in [0.2, 0.25) is 10.0 Å². The lowest BCUT2D eigenvalue weighted by molar-refractivity contribution is 0.461. The van der Waals surface area contributed by atoms with Gasteiger partial charge in [-0.3, -0.25) is 0 Å². The van der Waals surface area contributed by atoms with Crippen molar-refractivity contribution in [2.45, 2.75) is 26.2 Å². The number of hydrogen-bond acceptors (Lipinski definition) is 3. The summed E-state index contributed by atoms with van der Waals surface area (Å²) in [5.74, 6) is 1.02. The Hall–Kier alpha value is -0.910. The van der Waals surface area contributed by atoms with Crippen molar-refractivity contribution < 1.29 is 8.42 Å². The Morgan fingerprint density at radius 2 is 1.84 bits per heavy atom. The van der Waals surface area contributed by atoms with Gasteiger partial charge in [-0.15, -0.1) is 0 Å². The van der Waals surface area contributed by atoms with Crippen molar-refractivity contribution in [3.05, 3.63) is 35.9 Å². The Kier molecular flexibility index (Phi) is 6.48. The lowest BCUT2D eigenvalue weighted by Gasteiger charge is -2.22. The van der Waals surface area contributed by atoms with Crippen LogP contribution in [0.15, 0.2) is 30.3 Å². The highest BCUT2D eigenvalue weighted by molar-refractivity contribution is 7.89. The number of primary sulfonamides is 1. The smallest absolute Gasteiger partial charge is 0.209 e. The molecule has 1 aromatic rings. The molecular formula is C14H24N2O2S. The Morgan fingerprint density at radius 1 is 1.21 bits per heavy atom. The maximum Gasteiger partial charge on any atom is 0.209 e. The maximum atomic E-state index is 10.8. The van der Waals surface area contributed by atoms with Crippen LogP contribution in [0.4, 0.5) is 0 Å². The van der Waals surface area contributed by atoms with E-state index in [2.05, 4.69) is 31.3 Å². The second-order valence-corrected chi connectivity index (χ2v) is 6.92. The average Bonchev–Trinajstić information content (AvgIpc) is 2.33. The first-order valence-electron chi connectivity index (χ1n) is 6.66. The van der Waals surface area contributed by atoms with Gasteiger partial charge in [-0.1, -0.05) is 44.2 Å². The van der Waals surface area contributed by atoms with E-state index in [0.717, 1.165) is 6.54 Å². The lowest BCUT2D eigenvalue weighted by Crippen LogP contribution is -2.27. The van der Waals surface area contributed by atoms with Crippen LogP contribution < -0.4 is 10.5 Å². The van der Waals surface area contributed by atoms with E-state index in [1.54, 1.807) is 0 Å². The lowest BCUT2D eigenvalue weighted by atomic mass is 9.88. The number of benzene rings is 1. The molecule has 0 aromatic heterocycles. The van der Waals surface area contributed by atoms with Gasteiger partial charge in [0.25, 0.3) is 0 Å². The molecule has 0 saturated carbocycles. The zero-order valence-electron chi connectivity index (χ0n) is 11.7. The standard InChI is InChI=1S/C14H24N2O2S/c1-12(2)14(13-7-4-3-5-8-13)11-16-9-6-10-19(15,17)18/h3-5,7-8,12,14,16H,6,9-11H2,1-2H3,(H2,15,17,18). The number of nitrogens with one attached hydrogen (secondary N) is 1. The van der Waals surface area contributed by atoms with Gasteiger partial charge in [0.15, 0.2) is 0 Å². The molecule has 0 amide bonds. The fraction of sp³-hybridized carbons (Fsp3) is 0.571. The molecule has 0 bridgehead atoms. The zero-order valence-corrected chi connectivity index (χ0v) is 12.5. The predicted molar refractivity (Wildman–Crippen MR) is 79.5 cm³/mol. The van der Waals surface area contributed by atoms with Gasteiger partial charge < -0.3 is 5.32 Å². The molecule has 0 saturated heterocycles. The van der Waals surface area contributed by atoms with Crippen molar-refractivity contribution in [3.8, 4) is 0 Å². The second kappa shape index (κ2) is 7.62. The summed E-state index contributed by atoms with van der Waals surface area (Å²) in [7, 11) is -3.33. The molecule has 0 fully saturated rings. The molecule has 0 radical (unpaired) electrons. The number of hydrogen-bond donors (Lipinski definition) is 2. The molecule has 5 heteroatoms.